The van der Waals surface area contributed by atoms with Crippen LogP contribution in [0.5, 0.6) is 0 Å². The Morgan fingerprint density at radius 3 is 2.57 bits per heavy atom. The summed E-state index contributed by atoms with van der Waals surface area (Å²) in [7, 11) is 3.08. The molecule has 8 heteroatoms. The van der Waals surface area contributed by atoms with Crippen molar-refractivity contribution in [2.45, 2.75) is 31.5 Å². The molecule has 1 aliphatic rings. The van der Waals surface area contributed by atoms with E-state index in [0.717, 1.165) is 0 Å². The molecule has 0 aromatic rings. The molecule has 1 aliphatic heterocycles. The third kappa shape index (κ3) is 5.68. The van der Waals surface area contributed by atoms with Crippen LogP contribution in [0, 0.1) is 0 Å². The van der Waals surface area contributed by atoms with Crippen LogP contribution in [0.1, 0.15) is 19.3 Å². The van der Waals surface area contributed by atoms with Gasteiger partial charge < -0.3 is 24.8 Å². The zero-order valence-corrected chi connectivity index (χ0v) is 12.3. The predicted octanol–water partition coefficient (Wildman–Crippen LogP) is -0.770. The lowest BCUT2D eigenvalue weighted by molar-refractivity contribution is -0.155. The minimum absolute atomic E-state index is 0.0799. The molecule has 0 saturated carbocycles. The van der Waals surface area contributed by atoms with Crippen LogP contribution in [0.15, 0.2) is 0 Å². The Labute approximate surface area is 123 Å². The highest BCUT2D eigenvalue weighted by atomic mass is 16.5. The maximum Gasteiger partial charge on any atom is 0.332 e. The van der Waals surface area contributed by atoms with E-state index < -0.39 is 18.2 Å². The van der Waals surface area contributed by atoms with Crippen molar-refractivity contribution in [1.82, 2.24) is 10.2 Å². The first-order chi connectivity index (χ1) is 9.95. The Kier molecular flexibility index (Phi) is 7.10. The maximum absolute atomic E-state index is 12.0. The van der Waals surface area contributed by atoms with Gasteiger partial charge in [-0.1, -0.05) is 0 Å². The van der Waals surface area contributed by atoms with Gasteiger partial charge in [0.25, 0.3) is 5.91 Å². The van der Waals surface area contributed by atoms with Gasteiger partial charge >= 0.3 is 5.97 Å². The van der Waals surface area contributed by atoms with Crippen molar-refractivity contribution in [2.75, 3.05) is 33.9 Å². The van der Waals surface area contributed by atoms with E-state index in [0.29, 0.717) is 32.4 Å². The molecule has 0 aliphatic carbocycles. The zero-order chi connectivity index (χ0) is 15.8. The van der Waals surface area contributed by atoms with E-state index in [1.807, 2.05) is 0 Å². The summed E-state index contributed by atoms with van der Waals surface area (Å²) in [4.78, 5) is 35.7. The Hall–Kier alpha value is -1.67. The van der Waals surface area contributed by atoms with Crippen LogP contribution in [0.2, 0.25) is 0 Å². The number of nitrogens with zero attached hydrogens (tertiary/aromatic N) is 1. The molecule has 0 aromatic heterocycles. The number of carbonyl (C=O) groups excluding carboxylic acids is 2. The van der Waals surface area contributed by atoms with Crippen molar-refractivity contribution < 1.29 is 29.0 Å². The molecule has 2 N–H and O–H groups in total. The minimum Gasteiger partial charge on any atom is -0.479 e. The summed E-state index contributed by atoms with van der Waals surface area (Å²) in [6.45, 7) is 0.959. The highest BCUT2D eigenvalue weighted by molar-refractivity contribution is 5.87. The average Bonchev–Trinajstić information content (AvgIpc) is 2.92. The minimum atomic E-state index is -1.07. The number of ether oxygens (including phenoxy) is 2. The first kappa shape index (κ1) is 17.4. The topological polar surface area (TPSA) is 105 Å². The number of methoxy groups -OCH3 is 1. The number of aliphatic carboxylic acids is 1. The predicted molar refractivity (Wildman–Crippen MR) is 72.7 cm³/mol. The standard InChI is InChI=1S/C13H22N2O6/c1-15(8-11(16)14-6-3-7-20-2)12(17)9-4-5-10(21-9)13(18)19/h9-10H,3-8H2,1-2H3,(H,14,16)(H,18,19)/t9-,10+/m0/s1. The van der Waals surface area contributed by atoms with Crippen LogP contribution in [-0.2, 0) is 23.9 Å². The third-order valence-electron chi connectivity index (χ3n) is 3.17. The van der Waals surface area contributed by atoms with Crippen LogP contribution in [0.3, 0.4) is 0 Å². The molecule has 1 rings (SSSR count). The molecule has 0 aromatic carbocycles. The molecule has 0 spiro atoms. The second-order valence-electron chi connectivity index (χ2n) is 4.92. The Balaban J connectivity index is 2.31. The van der Waals surface area contributed by atoms with Crippen molar-refractivity contribution in [2.24, 2.45) is 0 Å². The van der Waals surface area contributed by atoms with Gasteiger partial charge in [-0.2, -0.15) is 0 Å². The van der Waals surface area contributed by atoms with Gasteiger partial charge in [0.15, 0.2) is 6.10 Å². The molecule has 2 atom stereocenters. The largest absolute Gasteiger partial charge is 0.479 e. The molecule has 1 saturated heterocycles. The van der Waals surface area contributed by atoms with E-state index in [1.54, 1.807) is 7.11 Å². The molecular weight excluding hydrogens is 280 g/mol. The zero-order valence-electron chi connectivity index (χ0n) is 12.3. The van der Waals surface area contributed by atoms with Crippen LogP contribution in [-0.4, -0.2) is 73.9 Å². The number of hydrogen-bond donors (Lipinski definition) is 2. The molecule has 8 nitrogen and oxygen atoms in total. The number of hydrogen-bond acceptors (Lipinski definition) is 5. The van der Waals surface area contributed by atoms with Gasteiger partial charge in [-0.25, -0.2) is 4.79 Å². The van der Waals surface area contributed by atoms with Gasteiger partial charge in [0, 0.05) is 27.3 Å². The number of likely N-dealkylation sites (N-methyl/N-ethyl adjacent to an activating group) is 1. The quantitative estimate of drug-likeness (QED) is 0.570. The Morgan fingerprint density at radius 2 is 2.00 bits per heavy atom. The SMILES string of the molecule is COCCCNC(=O)CN(C)C(=O)[C@@H]1CC[C@H](C(=O)O)O1. The van der Waals surface area contributed by atoms with Crippen LogP contribution < -0.4 is 5.32 Å². The smallest absolute Gasteiger partial charge is 0.332 e. The summed E-state index contributed by atoms with van der Waals surface area (Å²) in [5.41, 5.74) is 0. The van der Waals surface area contributed by atoms with E-state index in [-0.39, 0.29) is 18.4 Å². The summed E-state index contributed by atoms with van der Waals surface area (Å²) in [5.74, 6) is -1.70. The molecule has 0 bridgehead atoms. The summed E-state index contributed by atoms with van der Waals surface area (Å²) in [6.07, 6.45) is -0.350. The van der Waals surface area contributed by atoms with E-state index >= 15 is 0 Å². The number of carboxylic acid groups (broad SMARTS) is 1. The van der Waals surface area contributed by atoms with Gasteiger partial charge in [0.05, 0.1) is 6.54 Å². The van der Waals surface area contributed by atoms with Crippen LogP contribution in [0.4, 0.5) is 0 Å². The van der Waals surface area contributed by atoms with E-state index in [1.165, 1.54) is 11.9 Å². The van der Waals surface area contributed by atoms with Gasteiger partial charge in [-0.3, -0.25) is 9.59 Å². The lowest BCUT2D eigenvalue weighted by Crippen LogP contribution is -2.43. The van der Waals surface area contributed by atoms with Crippen LogP contribution >= 0.6 is 0 Å². The first-order valence-electron chi connectivity index (χ1n) is 6.84. The highest BCUT2D eigenvalue weighted by Gasteiger charge is 2.36. The van der Waals surface area contributed by atoms with Crippen molar-refractivity contribution in [1.29, 1.82) is 0 Å². The fourth-order valence-corrected chi connectivity index (χ4v) is 2.04. The molecule has 1 fully saturated rings. The normalized spacial score (nSPS) is 21.0. The highest BCUT2D eigenvalue weighted by Crippen LogP contribution is 2.21. The summed E-state index contributed by atoms with van der Waals surface area (Å²) in [5, 5.41) is 11.5. The second kappa shape index (κ2) is 8.58. The summed E-state index contributed by atoms with van der Waals surface area (Å²) in [6, 6.07) is 0. The third-order valence-corrected chi connectivity index (χ3v) is 3.17. The number of rotatable bonds is 8. The Morgan fingerprint density at radius 1 is 1.33 bits per heavy atom. The van der Waals surface area contributed by atoms with Gasteiger partial charge in [-0.15, -0.1) is 0 Å². The van der Waals surface area contributed by atoms with Crippen LogP contribution in [0.25, 0.3) is 0 Å². The van der Waals surface area contributed by atoms with Gasteiger partial charge in [0.1, 0.15) is 6.10 Å². The molecule has 0 radical (unpaired) electrons. The average molecular weight is 302 g/mol. The lowest BCUT2D eigenvalue weighted by atomic mass is 10.2. The lowest BCUT2D eigenvalue weighted by Gasteiger charge is -2.20. The monoisotopic (exact) mass is 302 g/mol. The number of amides is 2. The number of nitrogens with one attached hydrogen (secondary N) is 1. The van der Waals surface area contributed by atoms with E-state index in [2.05, 4.69) is 5.32 Å². The molecule has 21 heavy (non-hydrogen) atoms. The fourth-order valence-electron chi connectivity index (χ4n) is 2.04. The Bertz CT molecular complexity index is 387. The van der Waals surface area contributed by atoms with Crippen molar-refractivity contribution >= 4 is 17.8 Å². The second-order valence-corrected chi connectivity index (χ2v) is 4.92. The molecule has 2 amide bonds. The molecule has 1 heterocycles. The van der Waals surface area contributed by atoms with Gasteiger partial charge in [-0.05, 0) is 19.3 Å². The van der Waals surface area contributed by atoms with Crippen molar-refractivity contribution in [3.8, 4) is 0 Å². The van der Waals surface area contributed by atoms with Crippen molar-refractivity contribution in [3.05, 3.63) is 0 Å². The van der Waals surface area contributed by atoms with E-state index in [4.69, 9.17) is 14.6 Å². The van der Waals surface area contributed by atoms with Crippen molar-refractivity contribution in [3.63, 3.8) is 0 Å². The summed E-state index contributed by atoms with van der Waals surface area (Å²) >= 11 is 0. The number of carboxylic acids is 1. The fraction of sp³-hybridized carbons (Fsp3) is 0.769. The molecule has 120 valence electrons. The molecular formula is C13H22N2O6. The van der Waals surface area contributed by atoms with Gasteiger partial charge in [0.2, 0.25) is 5.91 Å². The first-order valence-corrected chi connectivity index (χ1v) is 6.84. The molecule has 0 unspecified atom stereocenters. The van der Waals surface area contributed by atoms with E-state index in [9.17, 15) is 14.4 Å². The summed E-state index contributed by atoms with van der Waals surface area (Å²) < 4.78 is 10.0. The number of carbonyl (C=O) groups is 3. The maximum atomic E-state index is 12.0.